The minimum absolute atomic E-state index is 0.0630. The molecule has 0 bridgehead atoms. The second-order valence-corrected chi connectivity index (χ2v) is 6.35. The molecule has 1 rings (SSSR count). The minimum atomic E-state index is -3.58. The van der Waals surface area contributed by atoms with Gasteiger partial charge in [0.15, 0.2) is 5.03 Å². The number of allylic oxidation sites excluding steroid dienone is 1. The maximum atomic E-state index is 12.1. The van der Waals surface area contributed by atoms with Gasteiger partial charge in [-0.05, 0) is 33.8 Å². The average molecular weight is 254 g/mol. The number of aromatic nitrogens is 1. The van der Waals surface area contributed by atoms with Gasteiger partial charge < -0.3 is 0 Å². The topological polar surface area (TPSA) is 59.1 Å². The molecule has 4 nitrogen and oxygen atoms in total. The molecule has 0 aliphatic heterocycles. The van der Waals surface area contributed by atoms with Crippen LogP contribution in [0.25, 0.3) is 6.08 Å². The quantitative estimate of drug-likeness (QED) is 0.899. The highest BCUT2D eigenvalue weighted by atomic mass is 32.2. The molecule has 94 valence electrons. The van der Waals surface area contributed by atoms with Crippen LogP contribution in [0.4, 0.5) is 0 Å². The van der Waals surface area contributed by atoms with Gasteiger partial charge in [-0.25, -0.2) is 18.1 Å². The van der Waals surface area contributed by atoms with E-state index in [0.29, 0.717) is 5.56 Å². The number of pyridine rings is 1. The number of hydrogen-bond donors (Lipinski definition) is 1. The third-order valence-corrected chi connectivity index (χ3v) is 3.57. The summed E-state index contributed by atoms with van der Waals surface area (Å²) in [6.45, 7) is 7.22. The zero-order valence-corrected chi connectivity index (χ0v) is 11.4. The summed E-state index contributed by atoms with van der Waals surface area (Å²) >= 11 is 0. The molecule has 0 radical (unpaired) electrons. The van der Waals surface area contributed by atoms with Gasteiger partial charge in [-0.3, -0.25) is 0 Å². The van der Waals surface area contributed by atoms with Gasteiger partial charge in [0.05, 0.1) is 0 Å². The number of sulfonamides is 1. The summed E-state index contributed by atoms with van der Waals surface area (Å²) in [6.07, 6.45) is 4.99. The van der Waals surface area contributed by atoms with Crippen LogP contribution in [-0.2, 0) is 10.0 Å². The van der Waals surface area contributed by atoms with E-state index in [1.54, 1.807) is 45.1 Å². The fraction of sp³-hybridized carbons (Fsp3) is 0.417. The van der Waals surface area contributed by atoms with Crippen molar-refractivity contribution in [2.45, 2.75) is 38.3 Å². The molecular weight excluding hydrogens is 236 g/mol. The molecule has 0 aromatic carbocycles. The molecule has 1 heterocycles. The third-order valence-electron chi connectivity index (χ3n) is 1.84. The third kappa shape index (κ3) is 3.94. The van der Waals surface area contributed by atoms with Crippen LogP contribution in [0.3, 0.4) is 0 Å². The molecule has 0 saturated carbocycles. The summed E-state index contributed by atoms with van der Waals surface area (Å²) < 4.78 is 26.9. The monoisotopic (exact) mass is 254 g/mol. The first-order chi connectivity index (χ1) is 7.76. The van der Waals surface area contributed by atoms with Crippen molar-refractivity contribution in [3.05, 3.63) is 30.0 Å². The van der Waals surface area contributed by atoms with Gasteiger partial charge >= 0.3 is 0 Å². The van der Waals surface area contributed by atoms with Gasteiger partial charge in [0, 0.05) is 17.3 Å². The van der Waals surface area contributed by atoms with E-state index >= 15 is 0 Å². The van der Waals surface area contributed by atoms with Crippen molar-refractivity contribution in [1.82, 2.24) is 9.71 Å². The number of nitrogens with zero attached hydrogens (tertiary/aromatic N) is 1. The fourth-order valence-corrected chi connectivity index (χ4v) is 2.93. The van der Waals surface area contributed by atoms with Crippen LogP contribution in [0.2, 0.25) is 0 Å². The van der Waals surface area contributed by atoms with Crippen molar-refractivity contribution >= 4 is 16.1 Å². The Morgan fingerprint density at radius 2 is 2.00 bits per heavy atom. The number of rotatable bonds is 3. The molecule has 1 aromatic heterocycles. The standard InChI is InChI=1S/C12H18N2O2S/c1-5-7-10-8-6-9-13-11(10)17(15,16)14-12(2,3)4/h5-9,14H,1-4H3/b7-5+. The lowest BCUT2D eigenvalue weighted by molar-refractivity contribution is 0.489. The van der Waals surface area contributed by atoms with Gasteiger partial charge in [-0.15, -0.1) is 0 Å². The molecule has 0 atom stereocenters. The van der Waals surface area contributed by atoms with Crippen LogP contribution < -0.4 is 4.72 Å². The molecule has 0 amide bonds. The maximum absolute atomic E-state index is 12.1. The van der Waals surface area contributed by atoms with Gasteiger partial charge in [0.25, 0.3) is 10.0 Å². The highest BCUT2D eigenvalue weighted by Crippen LogP contribution is 2.16. The number of nitrogens with one attached hydrogen (secondary N) is 1. The molecule has 1 N–H and O–H groups in total. The Bertz CT molecular complexity index is 514. The molecule has 0 fully saturated rings. The van der Waals surface area contributed by atoms with Crippen molar-refractivity contribution in [3.8, 4) is 0 Å². The lowest BCUT2D eigenvalue weighted by Gasteiger charge is -2.20. The summed E-state index contributed by atoms with van der Waals surface area (Å²) in [6, 6.07) is 3.44. The minimum Gasteiger partial charge on any atom is -0.243 e. The van der Waals surface area contributed by atoms with Crippen molar-refractivity contribution < 1.29 is 8.42 Å². The first-order valence-corrected chi connectivity index (χ1v) is 6.86. The van der Waals surface area contributed by atoms with Gasteiger partial charge in [0.2, 0.25) is 0 Å². The van der Waals surface area contributed by atoms with Crippen molar-refractivity contribution in [2.75, 3.05) is 0 Å². The number of hydrogen-bond acceptors (Lipinski definition) is 3. The lowest BCUT2D eigenvalue weighted by Crippen LogP contribution is -2.41. The van der Waals surface area contributed by atoms with Crippen molar-refractivity contribution in [3.63, 3.8) is 0 Å². The molecule has 0 spiro atoms. The van der Waals surface area contributed by atoms with Crippen LogP contribution in [0.1, 0.15) is 33.3 Å². The van der Waals surface area contributed by atoms with Crippen LogP contribution >= 0.6 is 0 Å². The second kappa shape index (κ2) is 4.98. The first kappa shape index (κ1) is 13.9. The van der Waals surface area contributed by atoms with E-state index in [2.05, 4.69) is 9.71 Å². The second-order valence-electron chi connectivity index (χ2n) is 4.75. The molecule has 0 aliphatic rings. The highest BCUT2D eigenvalue weighted by molar-refractivity contribution is 7.89. The average Bonchev–Trinajstić information content (AvgIpc) is 2.15. The Hall–Kier alpha value is -1.20. The molecule has 0 saturated heterocycles. The summed E-state index contributed by atoms with van der Waals surface area (Å²) in [5.41, 5.74) is 0.0653. The highest BCUT2D eigenvalue weighted by Gasteiger charge is 2.24. The van der Waals surface area contributed by atoms with E-state index in [1.807, 2.05) is 6.92 Å². The fourth-order valence-electron chi connectivity index (χ4n) is 1.39. The van der Waals surface area contributed by atoms with E-state index in [0.717, 1.165) is 0 Å². The predicted molar refractivity (Wildman–Crippen MR) is 69.0 cm³/mol. The predicted octanol–water partition coefficient (Wildman–Crippen LogP) is 2.19. The molecule has 5 heteroatoms. The Balaban J connectivity index is 3.24. The van der Waals surface area contributed by atoms with Crippen LogP contribution in [0.5, 0.6) is 0 Å². The smallest absolute Gasteiger partial charge is 0.243 e. The Morgan fingerprint density at radius 3 is 2.53 bits per heavy atom. The van der Waals surface area contributed by atoms with Gasteiger partial charge in [0.1, 0.15) is 0 Å². The SMILES string of the molecule is C/C=C/c1cccnc1S(=O)(=O)NC(C)(C)C. The maximum Gasteiger partial charge on any atom is 0.259 e. The molecule has 1 aromatic rings. The Kier molecular flexibility index (Phi) is 4.06. The van der Waals surface area contributed by atoms with Crippen LogP contribution in [0.15, 0.2) is 29.4 Å². The molecule has 0 aliphatic carbocycles. The van der Waals surface area contributed by atoms with E-state index in [9.17, 15) is 8.42 Å². The van der Waals surface area contributed by atoms with Crippen molar-refractivity contribution in [1.29, 1.82) is 0 Å². The lowest BCUT2D eigenvalue weighted by atomic mass is 10.1. The van der Waals surface area contributed by atoms with E-state index in [4.69, 9.17) is 0 Å². The van der Waals surface area contributed by atoms with Crippen LogP contribution in [0, 0.1) is 0 Å². The van der Waals surface area contributed by atoms with Crippen molar-refractivity contribution in [2.24, 2.45) is 0 Å². The van der Waals surface area contributed by atoms with Gasteiger partial charge in [-0.1, -0.05) is 18.2 Å². The van der Waals surface area contributed by atoms with E-state index in [-0.39, 0.29) is 5.03 Å². The summed E-state index contributed by atoms with van der Waals surface area (Å²) in [5, 5.41) is 0.0630. The normalized spacial score (nSPS) is 13.2. The largest absolute Gasteiger partial charge is 0.259 e. The van der Waals surface area contributed by atoms with Gasteiger partial charge in [-0.2, -0.15) is 0 Å². The molecule has 0 unspecified atom stereocenters. The Labute approximate surface area is 103 Å². The summed E-state index contributed by atoms with van der Waals surface area (Å²) in [5.74, 6) is 0. The summed E-state index contributed by atoms with van der Waals surface area (Å²) in [4.78, 5) is 3.95. The van der Waals surface area contributed by atoms with Crippen LogP contribution in [-0.4, -0.2) is 18.9 Å². The first-order valence-electron chi connectivity index (χ1n) is 5.38. The zero-order valence-electron chi connectivity index (χ0n) is 10.6. The molecular formula is C12H18N2O2S. The molecule has 17 heavy (non-hydrogen) atoms. The zero-order chi connectivity index (χ0) is 13.1. The Morgan fingerprint density at radius 1 is 1.35 bits per heavy atom. The summed E-state index contributed by atoms with van der Waals surface area (Å²) in [7, 11) is -3.58. The van der Waals surface area contributed by atoms with E-state index in [1.165, 1.54) is 6.20 Å². The van der Waals surface area contributed by atoms with E-state index < -0.39 is 15.6 Å².